The molecule has 9 nitrogen and oxygen atoms in total. The van der Waals surface area contributed by atoms with Crippen LogP contribution in [0.3, 0.4) is 0 Å². The molecule has 3 aromatic rings. The molecule has 0 N–H and O–H groups in total. The summed E-state index contributed by atoms with van der Waals surface area (Å²) in [5.41, 5.74) is 1.21. The quantitative estimate of drug-likeness (QED) is 0.443. The number of hydrogen-bond acceptors (Lipinski definition) is 6. The van der Waals surface area contributed by atoms with Gasteiger partial charge in [-0.25, -0.2) is 9.07 Å². The van der Waals surface area contributed by atoms with Crippen molar-refractivity contribution in [2.45, 2.75) is 31.7 Å². The molecule has 3 atom stereocenters. The number of halogens is 2. The zero-order valence-electron chi connectivity index (χ0n) is 24.0. The molecule has 0 spiro atoms. The molecule has 2 amide bonds. The van der Waals surface area contributed by atoms with Crippen LogP contribution < -0.4 is 15.2 Å². The molecule has 2 fully saturated rings. The van der Waals surface area contributed by atoms with E-state index in [2.05, 4.69) is 5.10 Å². The van der Waals surface area contributed by atoms with Gasteiger partial charge < -0.3 is 19.4 Å². The van der Waals surface area contributed by atoms with Crippen LogP contribution in [0.4, 0.5) is 10.2 Å². The third-order valence-electron chi connectivity index (χ3n) is 8.38. The second-order valence-corrected chi connectivity index (χ2v) is 11.3. The number of amides is 2. The van der Waals surface area contributed by atoms with Crippen LogP contribution in [0.15, 0.2) is 59.4 Å². The Morgan fingerprint density at radius 3 is 2.45 bits per heavy atom. The second kappa shape index (κ2) is 12.5. The molecule has 42 heavy (non-hydrogen) atoms. The minimum Gasteiger partial charge on any atom is -0.497 e. The molecule has 0 radical (unpaired) electrons. The molecule has 2 aromatic carbocycles. The molecule has 2 saturated heterocycles. The third kappa shape index (κ3) is 6.13. The number of rotatable bonds is 5. The zero-order valence-corrected chi connectivity index (χ0v) is 24.8. The molecular weight excluding hydrogens is 561 g/mol. The first-order chi connectivity index (χ1) is 20.2. The number of aromatic nitrogens is 2. The van der Waals surface area contributed by atoms with Crippen LogP contribution >= 0.6 is 11.6 Å². The van der Waals surface area contributed by atoms with E-state index in [9.17, 15) is 14.4 Å². The summed E-state index contributed by atoms with van der Waals surface area (Å²) >= 11 is 6.09. The topological polar surface area (TPSA) is 88.0 Å². The standard InChI is InChI=1S/C31H35ClFN5O4/c1-20(39)38-16-15-36(14-4-5-28(38)21-6-8-22(32)9-7-21)31(41)26-19-37(29-12-13-30(40)35(2)34-29)18-25(26)24-11-10-23(42-3)17-27(24)33/h6-13,17,25-26,28H,4-5,14-16,18-19H2,1-3H3. The Morgan fingerprint density at radius 2 is 1.79 bits per heavy atom. The molecule has 3 heterocycles. The van der Waals surface area contributed by atoms with E-state index in [0.29, 0.717) is 67.7 Å². The first-order valence-corrected chi connectivity index (χ1v) is 14.5. The van der Waals surface area contributed by atoms with Gasteiger partial charge in [0.2, 0.25) is 11.8 Å². The van der Waals surface area contributed by atoms with Gasteiger partial charge in [-0.1, -0.05) is 29.8 Å². The largest absolute Gasteiger partial charge is 0.497 e. The maximum atomic E-state index is 15.4. The Labute approximate surface area is 249 Å². The van der Waals surface area contributed by atoms with Crippen molar-refractivity contribution >= 4 is 29.2 Å². The van der Waals surface area contributed by atoms with E-state index in [1.807, 2.05) is 39.0 Å². The summed E-state index contributed by atoms with van der Waals surface area (Å²) in [5, 5.41) is 5.01. The van der Waals surface area contributed by atoms with E-state index >= 15 is 4.39 Å². The molecule has 0 saturated carbocycles. The number of hydrogen-bond donors (Lipinski definition) is 0. The van der Waals surface area contributed by atoms with Crippen LogP contribution in [0.1, 0.15) is 42.9 Å². The fourth-order valence-electron chi connectivity index (χ4n) is 6.14. The van der Waals surface area contributed by atoms with Gasteiger partial charge in [0.15, 0.2) is 0 Å². The molecule has 222 valence electrons. The fraction of sp³-hybridized carbons (Fsp3) is 0.419. The van der Waals surface area contributed by atoms with Crippen LogP contribution in [0.2, 0.25) is 5.02 Å². The highest BCUT2D eigenvalue weighted by molar-refractivity contribution is 6.30. The predicted molar refractivity (Wildman–Crippen MR) is 158 cm³/mol. The van der Waals surface area contributed by atoms with Crippen molar-refractivity contribution in [2.75, 3.05) is 44.7 Å². The second-order valence-electron chi connectivity index (χ2n) is 10.9. The van der Waals surface area contributed by atoms with Crippen LogP contribution in [0, 0.1) is 11.7 Å². The number of ether oxygens (including phenoxy) is 1. The lowest BCUT2D eigenvalue weighted by atomic mass is 9.87. The molecule has 11 heteroatoms. The Balaban J connectivity index is 1.41. The fourth-order valence-corrected chi connectivity index (χ4v) is 6.27. The van der Waals surface area contributed by atoms with Gasteiger partial charge in [-0.15, -0.1) is 0 Å². The van der Waals surface area contributed by atoms with Crippen molar-refractivity contribution in [2.24, 2.45) is 13.0 Å². The summed E-state index contributed by atoms with van der Waals surface area (Å²) in [5.74, 6) is -0.632. The number of carbonyl (C=O) groups is 2. The Morgan fingerprint density at radius 1 is 1.02 bits per heavy atom. The van der Waals surface area contributed by atoms with Crippen molar-refractivity contribution in [3.05, 3.63) is 86.9 Å². The number of anilines is 1. The van der Waals surface area contributed by atoms with E-state index in [-0.39, 0.29) is 23.4 Å². The highest BCUT2D eigenvalue weighted by Crippen LogP contribution is 2.38. The van der Waals surface area contributed by atoms with Crippen LogP contribution in [-0.2, 0) is 16.6 Å². The van der Waals surface area contributed by atoms with Gasteiger partial charge in [0, 0.05) is 69.8 Å². The number of benzene rings is 2. The van der Waals surface area contributed by atoms with Crippen molar-refractivity contribution in [3.63, 3.8) is 0 Å². The highest BCUT2D eigenvalue weighted by Gasteiger charge is 2.42. The molecule has 2 aliphatic heterocycles. The summed E-state index contributed by atoms with van der Waals surface area (Å²) < 4.78 is 21.8. The first kappa shape index (κ1) is 29.6. The van der Waals surface area contributed by atoms with Crippen LogP contribution in [-0.4, -0.2) is 71.2 Å². The van der Waals surface area contributed by atoms with Crippen LogP contribution in [0.5, 0.6) is 5.75 Å². The lowest BCUT2D eigenvalue weighted by Gasteiger charge is -2.38. The van der Waals surface area contributed by atoms with Crippen molar-refractivity contribution in [1.29, 1.82) is 0 Å². The maximum absolute atomic E-state index is 15.4. The molecule has 0 aliphatic carbocycles. The van der Waals surface area contributed by atoms with Crippen molar-refractivity contribution in [3.8, 4) is 5.75 Å². The normalized spacial score (nSPS) is 21.2. The monoisotopic (exact) mass is 595 g/mol. The van der Waals surface area contributed by atoms with E-state index in [1.54, 1.807) is 32.2 Å². The molecular formula is C31H35ClFN5O4. The summed E-state index contributed by atoms with van der Waals surface area (Å²) in [4.78, 5) is 44.4. The predicted octanol–water partition coefficient (Wildman–Crippen LogP) is 4.01. The van der Waals surface area contributed by atoms with Gasteiger partial charge in [0.25, 0.3) is 5.56 Å². The third-order valence-corrected chi connectivity index (χ3v) is 8.63. The Kier molecular flexibility index (Phi) is 8.82. The molecule has 5 rings (SSSR count). The van der Waals surface area contributed by atoms with E-state index < -0.39 is 17.7 Å². The zero-order chi connectivity index (χ0) is 30.0. The summed E-state index contributed by atoms with van der Waals surface area (Å²) in [7, 11) is 3.05. The van der Waals surface area contributed by atoms with Crippen molar-refractivity contribution in [1.82, 2.24) is 19.6 Å². The number of nitrogens with zero attached hydrogens (tertiary/aromatic N) is 5. The summed E-state index contributed by atoms with van der Waals surface area (Å²) in [6.07, 6.45) is 1.39. The van der Waals surface area contributed by atoms with Gasteiger partial charge >= 0.3 is 0 Å². The minimum atomic E-state index is -0.552. The molecule has 3 unspecified atom stereocenters. The molecule has 0 bridgehead atoms. The van der Waals surface area contributed by atoms with Gasteiger partial charge in [0.05, 0.1) is 19.1 Å². The number of carbonyl (C=O) groups excluding carboxylic acids is 2. The average molecular weight is 596 g/mol. The lowest BCUT2D eigenvalue weighted by Crippen LogP contribution is -2.47. The van der Waals surface area contributed by atoms with E-state index in [0.717, 1.165) is 5.56 Å². The van der Waals surface area contributed by atoms with Gasteiger partial charge in [-0.2, -0.15) is 5.10 Å². The van der Waals surface area contributed by atoms with E-state index in [1.165, 1.54) is 23.9 Å². The SMILES string of the molecule is COc1ccc(C2CN(c3ccc(=O)n(C)n3)CC2C(=O)N2CCCC(c3ccc(Cl)cc3)N(C(C)=O)CC2)c(F)c1. The van der Waals surface area contributed by atoms with Crippen molar-refractivity contribution < 1.29 is 18.7 Å². The van der Waals surface area contributed by atoms with Gasteiger partial charge in [-0.05, 0) is 48.2 Å². The summed E-state index contributed by atoms with van der Waals surface area (Å²) in [6, 6.07) is 15.2. The minimum absolute atomic E-state index is 0.0600. The van der Waals surface area contributed by atoms with Crippen LogP contribution in [0.25, 0.3) is 0 Å². The van der Waals surface area contributed by atoms with E-state index in [4.69, 9.17) is 16.3 Å². The lowest BCUT2D eigenvalue weighted by molar-refractivity contribution is -0.139. The highest BCUT2D eigenvalue weighted by atomic mass is 35.5. The number of methoxy groups -OCH3 is 1. The number of aryl methyl sites for hydroxylation is 1. The van der Waals surface area contributed by atoms with Gasteiger partial charge in [0.1, 0.15) is 17.4 Å². The van der Waals surface area contributed by atoms with Gasteiger partial charge in [-0.3, -0.25) is 14.4 Å². The smallest absolute Gasteiger partial charge is 0.266 e. The molecule has 1 aromatic heterocycles. The molecule has 2 aliphatic rings. The average Bonchev–Trinajstić information content (AvgIpc) is 3.40. The Hall–Kier alpha value is -3.92. The summed E-state index contributed by atoms with van der Waals surface area (Å²) in [6.45, 7) is 3.51. The first-order valence-electron chi connectivity index (χ1n) is 14.1. The Bertz CT molecular complexity index is 1510. The maximum Gasteiger partial charge on any atom is 0.266 e.